The summed E-state index contributed by atoms with van der Waals surface area (Å²) in [6.07, 6.45) is 0.881. The fraction of sp³-hybridized carbons (Fsp3) is 0.333. The van der Waals surface area contributed by atoms with Crippen LogP contribution in [0.3, 0.4) is 0 Å². The van der Waals surface area contributed by atoms with Gasteiger partial charge in [0.1, 0.15) is 5.75 Å². The van der Waals surface area contributed by atoms with Crippen LogP contribution >= 0.6 is 24.0 Å². The monoisotopic (exact) mass is 496 g/mol. The van der Waals surface area contributed by atoms with E-state index in [1.54, 1.807) is 26.1 Å². The van der Waals surface area contributed by atoms with Crippen LogP contribution < -0.4 is 15.4 Å². The van der Waals surface area contributed by atoms with Gasteiger partial charge in [-0.25, -0.2) is 4.99 Å². The summed E-state index contributed by atoms with van der Waals surface area (Å²) in [6.45, 7) is 1.45. The van der Waals surface area contributed by atoms with Crippen molar-refractivity contribution in [2.75, 3.05) is 34.3 Å². The number of amides is 1. The number of carbonyl (C=O) groups is 1. The molecule has 0 aliphatic rings. The van der Waals surface area contributed by atoms with Crippen molar-refractivity contribution in [2.24, 2.45) is 4.99 Å². The van der Waals surface area contributed by atoms with Gasteiger partial charge in [0.15, 0.2) is 5.96 Å². The van der Waals surface area contributed by atoms with E-state index in [0.717, 1.165) is 24.3 Å². The highest BCUT2D eigenvalue weighted by Gasteiger charge is 2.06. The molecule has 0 bridgehead atoms. The summed E-state index contributed by atoms with van der Waals surface area (Å²) in [5.41, 5.74) is 2.32. The molecule has 0 unspecified atom stereocenters. The highest BCUT2D eigenvalue weighted by atomic mass is 127. The first kappa shape index (κ1) is 23.7. The van der Waals surface area contributed by atoms with Gasteiger partial charge < -0.3 is 20.3 Å². The number of nitrogens with zero attached hydrogens (tertiary/aromatic N) is 2. The van der Waals surface area contributed by atoms with E-state index >= 15 is 0 Å². The first-order valence-corrected chi connectivity index (χ1v) is 8.97. The lowest BCUT2D eigenvalue weighted by Crippen LogP contribution is -2.43. The average Bonchev–Trinajstić information content (AvgIpc) is 2.70. The third-order valence-corrected chi connectivity index (χ3v) is 4.03. The van der Waals surface area contributed by atoms with Crippen molar-refractivity contribution in [2.45, 2.75) is 13.0 Å². The number of ether oxygens (including phenoxy) is 1. The Bertz CT molecular complexity index is 734. The molecule has 6 nitrogen and oxygen atoms in total. The van der Waals surface area contributed by atoms with Gasteiger partial charge in [0.2, 0.25) is 5.91 Å². The number of hydrogen-bond donors (Lipinski definition) is 2. The van der Waals surface area contributed by atoms with Gasteiger partial charge in [-0.15, -0.1) is 24.0 Å². The molecule has 1 amide bonds. The number of methoxy groups -OCH3 is 1. The highest BCUT2D eigenvalue weighted by Crippen LogP contribution is 2.11. The summed E-state index contributed by atoms with van der Waals surface area (Å²) in [5.74, 6) is 1.44. The molecule has 0 aromatic heterocycles. The summed E-state index contributed by atoms with van der Waals surface area (Å²) < 4.78 is 5.17. The number of aliphatic imine (C=N–C) groups is 1. The van der Waals surface area contributed by atoms with Crippen molar-refractivity contribution in [3.8, 4) is 5.75 Å². The lowest BCUT2D eigenvalue weighted by Gasteiger charge is -2.15. The summed E-state index contributed by atoms with van der Waals surface area (Å²) in [5, 5.41) is 6.40. The maximum absolute atomic E-state index is 11.9. The molecule has 0 saturated heterocycles. The SMILES string of the molecule is COc1ccc(CN=C(NCCc2ccccc2)NCC(=O)N(C)C)cc1.I. The Kier molecular flexibility index (Phi) is 11.0. The lowest BCUT2D eigenvalue weighted by atomic mass is 10.1. The van der Waals surface area contributed by atoms with Crippen LogP contribution in [0.15, 0.2) is 59.6 Å². The summed E-state index contributed by atoms with van der Waals surface area (Å²) in [7, 11) is 5.12. The molecular formula is C21H29IN4O2. The van der Waals surface area contributed by atoms with Gasteiger partial charge >= 0.3 is 0 Å². The van der Waals surface area contributed by atoms with Crippen molar-refractivity contribution in [3.05, 3.63) is 65.7 Å². The topological polar surface area (TPSA) is 66.0 Å². The van der Waals surface area contributed by atoms with Gasteiger partial charge in [0.05, 0.1) is 20.2 Å². The zero-order chi connectivity index (χ0) is 19.5. The Morgan fingerprint density at radius 2 is 1.68 bits per heavy atom. The zero-order valence-corrected chi connectivity index (χ0v) is 19.0. The van der Waals surface area contributed by atoms with Gasteiger partial charge in [0.25, 0.3) is 0 Å². The standard InChI is InChI=1S/C21H28N4O2.HI/c1-25(2)20(26)16-24-21(22-14-13-17-7-5-4-6-8-17)23-15-18-9-11-19(27-3)12-10-18;/h4-12H,13-16H2,1-3H3,(H2,22,23,24);1H. The third kappa shape index (κ3) is 8.60. The van der Waals surface area contributed by atoms with E-state index in [1.165, 1.54) is 5.56 Å². The predicted molar refractivity (Wildman–Crippen MR) is 124 cm³/mol. The number of hydrogen-bond acceptors (Lipinski definition) is 3. The lowest BCUT2D eigenvalue weighted by molar-refractivity contribution is -0.127. The van der Waals surface area contributed by atoms with Crippen LogP contribution in [0.4, 0.5) is 0 Å². The normalized spacial score (nSPS) is 10.6. The first-order valence-electron chi connectivity index (χ1n) is 8.97. The van der Waals surface area contributed by atoms with E-state index in [1.807, 2.05) is 42.5 Å². The largest absolute Gasteiger partial charge is 0.497 e. The summed E-state index contributed by atoms with van der Waals surface area (Å²) in [4.78, 5) is 18.0. The Labute approximate surface area is 184 Å². The van der Waals surface area contributed by atoms with Gasteiger partial charge in [-0.2, -0.15) is 0 Å². The molecule has 0 spiro atoms. The minimum absolute atomic E-state index is 0. The quantitative estimate of drug-likeness (QED) is 0.335. The Morgan fingerprint density at radius 1 is 1.00 bits per heavy atom. The predicted octanol–water partition coefficient (Wildman–Crippen LogP) is 2.68. The van der Waals surface area contributed by atoms with Gasteiger partial charge in [-0.3, -0.25) is 4.79 Å². The number of likely N-dealkylation sites (N-methyl/N-ethyl adjacent to an activating group) is 1. The number of benzene rings is 2. The third-order valence-electron chi connectivity index (χ3n) is 4.03. The van der Waals surface area contributed by atoms with E-state index in [-0.39, 0.29) is 36.4 Å². The maximum atomic E-state index is 11.9. The van der Waals surface area contributed by atoms with Crippen LogP contribution in [0.25, 0.3) is 0 Å². The summed E-state index contributed by atoms with van der Waals surface area (Å²) >= 11 is 0. The van der Waals surface area contributed by atoms with Crippen molar-refractivity contribution in [1.82, 2.24) is 15.5 Å². The van der Waals surface area contributed by atoms with E-state index in [2.05, 4.69) is 27.8 Å². The fourth-order valence-corrected chi connectivity index (χ4v) is 2.36. The maximum Gasteiger partial charge on any atom is 0.241 e. The van der Waals surface area contributed by atoms with Crippen LogP contribution in [0.5, 0.6) is 5.75 Å². The van der Waals surface area contributed by atoms with Crippen molar-refractivity contribution >= 4 is 35.8 Å². The molecule has 0 fully saturated rings. The number of carbonyl (C=O) groups excluding carboxylic acids is 1. The number of rotatable bonds is 8. The molecule has 0 heterocycles. The first-order chi connectivity index (χ1) is 13.1. The summed E-state index contributed by atoms with van der Waals surface area (Å²) in [6, 6.07) is 18.0. The Balaban J connectivity index is 0.00000392. The van der Waals surface area contributed by atoms with Crippen LogP contribution in [0, 0.1) is 0 Å². The van der Waals surface area contributed by atoms with E-state index in [0.29, 0.717) is 12.5 Å². The molecule has 2 aromatic carbocycles. The molecular weight excluding hydrogens is 467 g/mol. The minimum atomic E-state index is -0.00277. The molecule has 0 radical (unpaired) electrons. The second kappa shape index (κ2) is 13.0. The van der Waals surface area contributed by atoms with E-state index in [9.17, 15) is 4.79 Å². The number of nitrogens with one attached hydrogen (secondary N) is 2. The molecule has 0 aliphatic heterocycles. The van der Waals surface area contributed by atoms with Crippen LogP contribution in [-0.2, 0) is 17.8 Å². The molecule has 0 atom stereocenters. The van der Waals surface area contributed by atoms with Gasteiger partial charge in [-0.1, -0.05) is 42.5 Å². The molecule has 7 heteroatoms. The molecule has 152 valence electrons. The number of guanidine groups is 1. The van der Waals surface area contributed by atoms with Crippen molar-refractivity contribution in [3.63, 3.8) is 0 Å². The molecule has 0 aliphatic carbocycles. The van der Waals surface area contributed by atoms with Crippen molar-refractivity contribution in [1.29, 1.82) is 0 Å². The minimum Gasteiger partial charge on any atom is -0.497 e. The van der Waals surface area contributed by atoms with Crippen molar-refractivity contribution < 1.29 is 9.53 Å². The average molecular weight is 496 g/mol. The van der Waals surface area contributed by atoms with Gasteiger partial charge in [0, 0.05) is 20.6 Å². The molecule has 2 N–H and O–H groups in total. The van der Waals surface area contributed by atoms with Crippen LogP contribution in [-0.4, -0.2) is 51.1 Å². The molecule has 0 saturated carbocycles. The van der Waals surface area contributed by atoms with Crippen LogP contribution in [0.1, 0.15) is 11.1 Å². The van der Waals surface area contributed by atoms with E-state index in [4.69, 9.17) is 4.74 Å². The highest BCUT2D eigenvalue weighted by molar-refractivity contribution is 14.0. The molecule has 2 aromatic rings. The second-order valence-electron chi connectivity index (χ2n) is 6.32. The number of halogens is 1. The molecule has 2 rings (SSSR count). The van der Waals surface area contributed by atoms with E-state index < -0.39 is 0 Å². The Hall–Kier alpha value is -2.29. The molecule has 28 heavy (non-hydrogen) atoms. The second-order valence-corrected chi connectivity index (χ2v) is 6.32. The zero-order valence-electron chi connectivity index (χ0n) is 16.6. The Morgan fingerprint density at radius 3 is 2.29 bits per heavy atom. The van der Waals surface area contributed by atoms with Gasteiger partial charge in [-0.05, 0) is 29.7 Å². The fourth-order valence-electron chi connectivity index (χ4n) is 2.36. The van der Waals surface area contributed by atoms with Crippen LogP contribution in [0.2, 0.25) is 0 Å². The smallest absolute Gasteiger partial charge is 0.241 e.